The predicted octanol–water partition coefficient (Wildman–Crippen LogP) is 2.73. The molecule has 22 heavy (non-hydrogen) atoms. The van der Waals surface area contributed by atoms with E-state index < -0.39 is 24.3 Å². The minimum atomic E-state index is -0.493. The topological polar surface area (TPSA) is 62.9 Å². The molecule has 0 amide bonds. The van der Waals surface area contributed by atoms with E-state index in [0.29, 0.717) is 18.1 Å². The fourth-order valence-electron chi connectivity index (χ4n) is 2.36. The Hall–Kier alpha value is -1.24. The molecule has 1 aromatic carbocycles. The number of benzene rings is 1. The van der Waals surface area contributed by atoms with Crippen LogP contribution in [0.4, 0.5) is 0 Å². The summed E-state index contributed by atoms with van der Waals surface area (Å²) >= 11 is 0. The maximum Gasteiger partial charge on any atom is 0.480 e. The average molecular weight is 307 g/mol. The summed E-state index contributed by atoms with van der Waals surface area (Å²) in [5.74, 6) is 0.965. The second-order valence-electron chi connectivity index (χ2n) is 6.49. The Morgan fingerprint density at radius 2 is 1.73 bits per heavy atom. The van der Waals surface area contributed by atoms with Gasteiger partial charge in [-0.25, -0.2) is 0 Å². The molecule has 0 radical (unpaired) electrons. The predicted molar refractivity (Wildman–Crippen MR) is 87.2 cm³/mol. The zero-order valence-electron chi connectivity index (χ0n) is 14.3. The van der Waals surface area contributed by atoms with Crippen LogP contribution in [-0.4, -0.2) is 32.0 Å². The second kappa shape index (κ2) is 6.10. The molecule has 0 aromatic heterocycles. The van der Waals surface area contributed by atoms with Crippen molar-refractivity contribution in [2.45, 2.75) is 51.8 Å². The highest BCUT2D eigenvalue weighted by Crippen LogP contribution is 2.40. The van der Waals surface area contributed by atoms with Crippen molar-refractivity contribution in [2.24, 2.45) is 5.73 Å². The summed E-state index contributed by atoms with van der Waals surface area (Å²) in [4.78, 5) is 0. The smallest absolute Gasteiger partial charge is 0.480 e. The molecule has 0 bridgehead atoms. The Kier molecular flexibility index (Phi) is 4.75. The standard InChI is InChI=1S/C16H26BNO4/c1-7-20-12-9-8-11(10-13(12)19-6)14(18)17-21-15(2,3)16(4,5)22-17/h8-10,14H,7,18H2,1-6H3/t14-/m1/s1. The molecular weight excluding hydrogens is 281 g/mol. The fourth-order valence-corrected chi connectivity index (χ4v) is 2.36. The first-order valence-electron chi connectivity index (χ1n) is 7.64. The number of hydrogen-bond acceptors (Lipinski definition) is 5. The van der Waals surface area contributed by atoms with Crippen LogP contribution in [0.15, 0.2) is 18.2 Å². The van der Waals surface area contributed by atoms with Crippen LogP contribution in [0.2, 0.25) is 0 Å². The molecule has 0 saturated carbocycles. The first kappa shape index (κ1) is 17.1. The highest BCUT2D eigenvalue weighted by atomic mass is 16.7. The van der Waals surface area contributed by atoms with Gasteiger partial charge in [-0.2, -0.15) is 0 Å². The van der Waals surface area contributed by atoms with Crippen LogP contribution in [-0.2, 0) is 9.31 Å². The highest BCUT2D eigenvalue weighted by molar-refractivity contribution is 6.47. The first-order chi connectivity index (χ1) is 10.2. The van der Waals surface area contributed by atoms with Crippen LogP contribution >= 0.6 is 0 Å². The first-order valence-corrected chi connectivity index (χ1v) is 7.64. The van der Waals surface area contributed by atoms with Gasteiger partial charge in [-0.1, -0.05) is 6.07 Å². The molecule has 2 rings (SSSR count). The van der Waals surface area contributed by atoms with Gasteiger partial charge < -0.3 is 24.5 Å². The van der Waals surface area contributed by atoms with Gasteiger partial charge in [-0.15, -0.1) is 0 Å². The Bertz CT molecular complexity index is 517. The summed E-state index contributed by atoms with van der Waals surface area (Å²) in [6, 6.07) is 5.66. The average Bonchev–Trinajstić information content (AvgIpc) is 2.67. The molecule has 122 valence electrons. The quantitative estimate of drug-likeness (QED) is 0.847. The van der Waals surface area contributed by atoms with Crippen molar-refractivity contribution in [3.63, 3.8) is 0 Å². The molecule has 0 unspecified atom stereocenters. The number of methoxy groups -OCH3 is 1. The Morgan fingerprint density at radius 3 is 2.23 bits per heavy atom. The molecule has 1 aliphatic rings. The van der Waals surface area contributed by atoms with E-state index >= 15 is 0 Å². The third-order valence-corrected chi connectivity index (χ3v) is 4.44. The number of nitrogens with two attached hydrogens (primary N) is 1. The van der Waals surface area contributed by atoms with Crippen LogP contribution in [0, 0.1) is 0 Å². The monoisotopic (exact) mass is 307 g/mol. The lowest BCUT2D eigenvalue weighted by Crippen LogP contribution is -2.41. The minimum Gasteiger partial charge on any atom is -0.493 e. The van der Waals surface area contributed by atoms with E-state index in [4.69, 9.17) is 24.5 Å². The molecular formula is C16H26BNO4. The van der Waals surface area contributed by atoms with E-state index in [1.807, 2.05) is 52.8 Å². The van der Waals surface area contributed by atoms with Gasteiger partial charge in [0, 0.05) is 0 Å². The van der Waals surface area contributed by atoms with E-state index in [9.17, 15) is 0 Å². The van der Waals surface area contributed by atoms with Crippen LogP contribution < -0.4 is 15.2 Å². The largest absolute Gasteiger partial charge is 0.493 e. The van der Waals surface area contributed by atoms with Gasteiger partial charge in [0.15, 0.2) is 11.5 Å². The molecule has 0 aliphatic carbocycles. The normalized spacial score (nSPS) is 20.8. The van der Waals surface area contributed by atoms with E-state index in [0.717, 1.165) is 5.56 Å². The zero-order chi connectivity index (χ0) is 16.5. The third kappa shape index (κ3) is 3.09. The molecule has 6 heteroatoms. The van der Waals surface area contributed by atoms with Crippen LogP contribution in [0.1, 0.15) is 46.1 Å². The van der Waals surface area contributed by atoms with Gasteiger partial charge in [0.05, 0.1) is 30.9 Å². The summed E-state index contributed by atoms with van der Waals surface area (Å²) < 4.78 is 22.9. The van der Waals surface area contributed by atoms with Gasteiger partial charge in [-0.3, -0.25) is 0 Å². The van der Waals surface area contributed by atoms with Crippen molar-refractivity contribution in [1.29, 1.82) is 0 Å². The summed E-state index contributed by atoms with van der Waals surface area (Å²) in [5, 5.41) is 0. The fraction of sp³-hybridized carbons (Fsp3) is 0.625. The molecule has 1 fully saturated rings. The zero-order valence-corrected chi connectivity index (χ0v) is 14.3. The Labute approximate surface area is 133 Å². The lowest BCUT2D eigenvalue weighted by Gasteiger charge is -2.32. The van der Waals surface area contributed by atoms with Crippen molar-refractivity contribution in [3.05, 3.63) is 23.8 Å². The summed E-state index contributed by atoms with van der Waals surface area (Å²) in [6.07, 6.45) is 0. The SMILES string of the molecule is CCOc1ccc([C@@H](N)B2OC(C)(C)C(C)(C)O2)cc1OC. The maximum absolute atomic E-state index is 6.34. The highest BCUT2D eigenvalue weighted by Gasteiger charge is 2.53. The summed E-state index contributed by atoms with van der Waals surface area (Å²) in [5.41, 5.74) is 6.44. The van der Waals surface area contributed by atoms with Crippen molar-refractivity contribution in [2.75, 3.05) is 13.7 Å². The van der Waals surface area contributed by atoms with Crippen LogP contribution in [0.3, 0.4) is 0 Å². The van der Waals surface area contributed by atoms with Crippen molar-refractivity contribution < 1.29 is 18.8 Å². The summed E-state index contributed by atoms with van der Waals surface area (Å²) in [7, 11) is 1.12. The van der Waals surface area contributed by atoms with Gasteiger partial charge in [-0.05, 0) is 52.3 Å². The van der Waals surface area contributed by atoms with E-state index in [-0.39, 0.29) is 0 Å². The van der Waals surface area contributed by atoms with Crippen molar-refractivity contribution in [1.82, 2.24) is 0 Å². The maximum atomic E-state index is 6.34. The minimum absolute atomic E-state index is 0.398. The Balaban J connectivity index is 2.22. The van der Waals surface area contributed by atoms with Crippen LogP contribution in [0.5, 0.6) is 11.5 Å². The number of rotatable bonds is 5. The molecule has 1 aromatic rings. The molecule has 0 spiro atoms. The van der Waals surface area contributed by atoms with E-state index in [1.165, 1.54) is 0 Å². The summed E-state index contributed by atoms with van der Waals surface area (Å²) in [6.45, 7) is 10.6. The lowest BCUT2D eigenvalue weighted by atomic mass is 9.75. The van der Waals surface area contributed by atoms with Gasteiger partial charge in [0.2, 0.25) is 0 Å². The van der Waals surface area contributed by atoms with Gasteiger partial charge in [0.25, 0.3) is 0 Å². The molecule has 5 nitrogen and oxygen atoms in total. The lowest BCUT2D eigenvalue weighted by molar-refractivity contribution is 0.00578. The van der Waals surface area contributed by atoms with Gasteiger partial charge in [0.1, 0.15) is 0 Å². The van der Waals surface area contributed by atoms with E-state index in [1.54, 1.807) is 7.11 Å². The molecule has 1 heterocycles. The van der Waals surface area contributed by atoms with Crippen molar-refractivity contribution in [3.8, 4) is 11.5 Å². The van der Waals surface area contributed by atoms with Crippen LogP contribution in [0.25, 0.3) is 0 Å². The molecule has 1 aliphatic heterocycles. The molecule has 1 saturated heterocycles. The van der Waals surface area contributed by atoms with E-state index in [2.05, 4.69) is 0 Å². The number of hydrogen-bond donors (Lipinski definition) is 1. The second-order valence-corrected chi connectivity index (χ2v) is 6.49. The molecule has 2 N–H and O–H groups in total. The number of ether oxygens (including phenoxy) is 2. The Morgan fingerprint density at radius 1 is 1.14 bits per heavy atom. The van der Waals surface area contributed by atoms with Crippen molar-refractivity contribution >= 4 is 7.12 Å². The third-order valence-electron chi connectivity index (χ3n) is 4.44. The molecule has 1 atom stereocenters. The van der Waals surface area contributed by atoms with Gasteiger partial charge >= 0.3 is 7.12 Å².